The van der Waals surface area contributed by atoms with Gasteiger partial charge in [0.1, 0.15) is 0 Å². The lowest BCUT2D eigenvalue weighted by Crippen LogP contribution is -2.28. The Morgan fingerprint density at radius 3 is 2.40 bits per heavy atom. The van der Waals surface area contributed by atoms with Gasteiger partial charge in [0.15, 0.2) is 0 Å². The molecule has 1 N–H and O–H groups in total. The summed E-state index contributed by atoms with van der Waals surface area (Å²) in [5, 5.41) is 3.61. The van der Waals surface area contributed by atoms with Crippen LogP contribution in [0.15, 0.2) is 18.2 Å². The minimum Gasteiger partial charge on any atom is -0.308 e. The van der Waals surface area contributed by atoms with Gasteiger partial charge in [-0.1, -0.05) is 30.7 Å². The van der Waals surface area contributed by atoms with Gasteiger partial charge in [-0.3, -0.25) is 0 Å². The average molecular weight is 205 g/mol. The van der Waals surface area contributed by atoms with Crippen LogP contribution in [-0.2, 0) is 0 Å². The van der Waals surface area contributed by atoms with Crippen molar-refractivity contribution in [3.8, 4) is 0 Å². The van der Waals surface area contributed by atoms with E-state index in [1.165, 1.54) is 23.1 Å². The Labute approximate surface area is 93.9 Å². The second-order valence-corrected chi connectivity index (χ2v) is 4.56. The third-order valence-electron chi connectivity index (χ3n) is 3.04. The summed E-state index contributed by atoms with van der Waals surface area (Å²) >= 11 is 0. The van der Waals surface area contributed by atoms with Crippen molar-refractivity contribution in [3.63, 3.8) is 0 Å². The number of aryl methyl sites for hydroxylation is 2. The van der Waals surface area contributed by atoms with Crippen LogP contribution in [0.1, 0.15) is 49.9 Å². The lowest BCUT2D eigenvalue weighted by Gasteiger charge is -2.21. The predicted molar refractivity (Wildman–Crippen MR) is 67.2 cm³/mol. The highest BCUT2D eigenvalue weighted by Crippen LogP contribution is 2.19. The average Bonchev–Trinajstić information content (AvgIpc) is 2.17. The highest BCUT2D eigenvalue weighted by molar-refractivity contribution is 5.32. The van der Waals surface area contributed by atoms with E-state index in [0.29, 0.717) is 12.1 Å². The summed E-state index contributed by atoms with van der Waals surface area (Å²) < 4.78 is 0. The van der Waals surface area contributed by atoms with Crippen molar-refractivity contribution in [2.45, 2.75) is 53.1 Å². The van der Waals surface area contributed by atoms with Gasteiger partial charge in [-0.25, -0.2) is 0 Å². The van der Waals surface area contributed by atoms with E-state index in [1.54, 1.807) is 0 Å². The van der Waals surface area contributed by atoms with Crippen molar-refractivity contribution in [1.29, 1.82) is 0 Å². The molecule has 0 fully saturated rings. The van der Waals surface area contributed by atoms with E-state index in [1.807, 2.05) is 0 Å². The molecule has 0 saturated heterocycles. The predicted octanol–water partition coefficient (Wildman–Crippen LogP) is 3.75. The second-order valence-electron chi connectivity index (χ2n) is 4.56. The SMILES string of the molecule is CC[C@H](C)N[C@@H](C)c1ccc(C)cc1C. The monoisotopic (exact) mass is 205 g/mol. The first-order valence-corrected chi connectivity index (χ1v) is 5.87. The van der Waals surface area contributed by atoms with E-state index in [-0.39, 0.29) is 0 Å². The summed E-state index contributed by atoms with van der Waals surface area (Å²) in [5.41, 5.74) is 4.14. The van der Waals surface area contributed by atoms with Crippen LogP contribution in [-0.4, -0.2) is 6.04 Å². The molecule has 0 radical (unpaired) electrons. The fourth-order valence-corrected chi connectivity index (χ4v) is 1.95. The van der Waals surface area contributed by atoms with Crippen molar-refractivity contribution in [2.24, 2.45) is 0 Å². The van der Waals surface area contributed by atoms with Crippen LogP contribution >= 0.6 is 0 Å². The molecule has 0 aliphatic rings. The molecule has 0 aromatic heterocycles. The summed E-state index contributed by atoms with van der Waals surface area (Å²) in [7, 11) is 0. The first kappa shape index (κ1) is 12.3. The minimum absolute atomic E-state index is 0.445. The third kappa shape index (κ3) is 3.35. The van der Waals surface area contributed by atoms with Gasteiger partial charge >= 0.3 is 0 Å². The molecule has 0 aliphatic carbocycles. The van der Waals surface area contributed by atoms with Gasteiger partial charge in [0.2, 0.25) is 0 Å². The van der Waals surface area contributed by atoms with Crippen molar-refractivity contribution in [2.75, 3.05) is 0 Å². The molecular weight excluding hydrogens is 182 g/mol. The van der Waals surface area contributed by atoms with Gasteiger partial charge in [0.05, 0.1) is 0 Å². The molecule has 1 aromatic rings. The largest absolute Gasteiger partial charge is 0.308 e. The summed E-state index contributed by atoms with van der Waals surface area (Å²) in [4.78, 5) is 0. The van der Waals surface area contributed by atoms with Crippen LogP contribution in [0, 0.1) is 13.8 Å². The molecule has 0 saturated carbocycles. The summed E-state index contributed by atoms with van der Waals surface area (Å²) in [6.45, 7) is 11.0. The minimum atomic E-state index is 0.445. The Morgan fingerprint density at radius 1 is 1.20 bits per heavy atom. The third-order valence-corrected chi connectivity index (χ3v) is 3.04. The standard InChI is InChI=1S/C14H23N/c1-6-12(4)15-13(5)14-8-7-10(2)9-11(14)3/h7-9,12-13,15H,6H2,1-5H3/t12-,13-/m0/s1. The second kappa shape index (κ2) is 5.32. The highest BCUT2D eigenvalue weighted by atomic mass is 14.9. The molecule has 2 atom stereocenters. The highest BCUT2D eigenvalue weighted by Gasteiger charge is 2.09. The van der Waals surface area contributed by atoms with Crippen molar-refractivity contribution in [3.05, 3.63) is 34.9 Å². The van der Waals surface area contributed by atoms with E-state index in [4.69, 9.17) is 0 Å². The van der Waals surface area contributed by atoms with E-state index < -0.39 is 0 Å². The number of rotatable bonds is 4. The van der Waals surface area contributed by atoms with Crippen molar-refractivity contribution in [1.82, 2.24) is 5.32 Å². The van der Waals surface area contributed by atoms with E-state index in [2.05, 4.69) is 58.1 Å². The molecule has 1 heteroatoms. The first-order chi connectivity index (χ1) is 7.04. The number of benzene rings is 1. The van der Waals surface area contributed by atoms with Crippen LogP contribution in [0.3, 0.4) is 0 Å². The van der Waals surface area contributed by atoms with Gasteiger partial charge in [0.25, 0.3) is 0 Å². The molecular formula is C14H23N. The molecule has 0 amide bonds. The molecule has 1 aromatic carbocycles. The molecule has 15 heavy (non-hydrogen) atoms. The Bertz CT molecular complexity index is 317. The smallest absolute Gasteiger partial charge is 0.0296 e. The summed E-state index contributed by atoms with van der Waals surface area (Å²) in [6, 6.07) is 7.72. The zero-order valence-corrected chi connectivity index (χ0v) is 10.6. The Morgan fingerprint density at radius 2 is 1.87 bits per heavy atom. The quantitative estimate of drug-likeness (QED) is 0.789. The van der Waals surface area contributed by atoms with Crippen molar-refractivity contribution < 1.29 is 0 Å². The zero-order valence-electron chi connectivity index (χ0n) is 10.6. The maximum Gasteiger partial charge on any atom is 0.0296 e. The van der Waals surface area contributed by atoms with Gasteiger partial charge in [0, 0.05) is 12.1 Å². The molecule has 0 unspecified atom stereocenters. The maximum atomic E-state index is 3.61. The molecule has 0 spiro atoms. The number of nitrogens with one attached hydrogen (secondary N) is 1. The normalized spacial score (nSPS) is 15.0. The fourth-order valence-electron chi connectivity index (χ4n) is 1.95. The molecule has 84 valence electrons. The maximum absolute atomic E-state index is 3.61. The van der Waals surface area contributed by atoms with Gasteiger partial charge in [-0.2, -0.15) is 0 Å². The van der Waals surface area contributed by atoms with Crippen LogP contribution in [0.25, 0.3) is 0 Å². The Hall–Kier alpha value is -0.820. The number of hydrogen-bond acceptors (Lipinski definition) is 1. The topological polar surface area (TPSA) is 12.0 Å². The molecule has 1 rings (SSSR count). The number of hydrogen-bond donors (Lipinski definition) is 1. The van der Waals surface area contributed by atoms with Gasteiger partial charge < -0.3 is 5.32 Å². The lowest BCUT2D eigenvalue weighted by atomic mass is 9.99. The van der Waals surface area contributed by atoms with E-state index in [0.717, 1.165) is 0 Å². The first-order valence-electron chi connectivity index (χ1n) is 5.87. The molecule has 0 bridgehead atoms. The summed E-state index contributed by atoms with van der Waals surface area (Å²) in [5.74, 6) is 0. The van der Waals surface area contributed by atoms with Crippen LogP contribution in [0.5, 0.6) is 0 Å². The lowest BCUT2D eigenvalue weighted by molar-refractivity contribution is 0.468. The van der Waals surface area contributed by atoms with Gasteiger partial charge in [-0.05, 0) is 45.2 Å². The Kier molecular flexibility index (Phi) is 4.34. The summed E-state index contributed by atoms with van der Waals surface area (Å²) in [6.07, 6.45) is 1.18. The Balaban J connectivity index is 2.77. The zero-order chi connectivity index (χ0) is 11.4. The fraction of sp³-hybridized carbons (Fsp3) is 0.571. The van der Waals surface area contributed by atoms with E-state index >= 15 is 0 Å². The van der Waals surface area contributed by atoms with Crippen molar-refractivity contribution >= 4 is 0 Å². The van der Waals surface area contributed by atoms with E-state index in [9.17, 15) is 0 Å². The van der Waals surface area contributed by atoms with Gasteiger partial charge in [-0.15, -0.1) is 0 Å². The van der Waals surface area contributed by atoms with Crippen LogP contribution in [0.4, 0.5) is 0 Å². The molecule has 0 aliphatic heterocycles. The molecule has 1 nitrogen and oxygen atoms in total. The molecule has 0 heterocycles. The van der Waals surface area contributed by atoms with Crippen LogP contribution < -0.4 is 5.32 Å². The van der Waals surface area contributed by atoms with Crippen LogP contribution in [0.2, 0.25) is 0 Å².